The molecule has 1 atom stereocenters. The fourth-order valence-corrected chi connectivity index (χ4v) is 1.89. The molecular weight excluding hydrogens is 198 g/mol. The predicted molar refractivity (Wildman–Crippen MR) is 65.1 cm³/mol. The SMILES string of the molecule is Cc1ccc(C)c(C(N)Cc2ncc[nH]2)c1. The maximum absolute atomic E-state index is 6.20. The number of nitrogens with one attached hydrogen (secondary N) is 1. The van der Waals surface area contributed by atoms with E-state index in [9.17, 15) is 0 Å². The summed E-state index contributed by atoms with van der Waals surface area (Å²) in [6.07, 6.45) is 4.33. The lowest BCUT2D eigenvalue weighted by Crippen LogP contribution is -2.15. The van der Waals surface area contributed by atoms with Crippen molar-refractivity contribution < 1.29 is 0 Å². The Morgan fingerprint density at radius 1 is 1.38 bits per heavy atom. The largest absolute Gasteiger partial charge is 0.349 e. The number of hydrogen-bond acceptors (Lipinski definition) is 2. The number of hydrogen-bond donors (Lipinski definition) is 2. The summed E-state index contributed by atoms with van der Waals surface area (Å²) in [6, 6.07) is 6.39. The Morgan fingerprint density at radius 2 is 2.19 bits per heavy atom. The third kappa shape index (κ3) is 2.31. The zero-order valence-corrected chi connectivity index (χ0v) is 9.70. The second-order valence-corrected chi connectivity index (χ2v) is 4.21. The first kappa shape index (κ1) is 10.9. The highest BCUT2D eigenvalue weighted by molar-refractivity contribution is 5.33. The number of nitrogens with zero attached hydrogens (tertiary/aromatic N) is 1. The van der Waals surface area contributed by atoms with Gasteiger partial charge in [-0.15, -0.1) is 0 Å². The van der Waals surface area contributed by atoms with Crippen LogP contribution < -0.4 is 5.73 Å². The normalized spacial score (nSPS) is 12.7. The molecule has 3 nitrogen and oxygen atoms in total. The molecule has 0 aliphatic rings. The number of benzene rings is 1. The Labute approximate surface area is 95.7 Å². The number of imidazole rings is 1. The van der Waals surface area contributed by atoms with Gasteiger partial charge in [0.15, 0.2) is 0 Å². The zero-order chi connectivity index (χ0) is 11.5. The smallest absolute Gasteiger partial charge is 0.107 e. The molecular formula is C13H17N3. The third-order valence-electron chi connectivity index (χ3n) is 2.80. The van der Waals surface area contributed by atoms with Gasteiger partial charge in [-0.3, -0.25) is 0 Å². The molecule has 0 amide bonds. The van der Waals surface area contributed by atoms with Gasteiger partial charge in [0.25, 0.3) is 0 Å². The van der Waals surface area contributed by atoms with Crippen LogP contribution in [0.15, 0.2) is 30.6 Å². The third-order valence-corrected chi connectivity index (χ3v) is 2.80. The van der Waals surface area contributed by atoms with Crippen molar-refractivity contribution in [3.8, 4) is 0 Å². The van der Waals surface area contributed by atoms with Crippen molar-refractivity contribution in [2.45, 2.75) is 26.3 Å². The molecule has 0 fully saturated rings. The number of nitrogens with two attached hydrogens (primary N) is 1. The number of aryl methyl sites for hydroxylation is 2. The van der Waals surface area contributed by atoms with E-state index in [4.69, 9.17) is 5.73 Å². The van der Waals surface area contributed by atoms with Crippen LogP contribution in [0.2, 0.25) is 0 Å². The number of H-pyrrole nitrogens is 1. The van der Waals surface area contributed by atoms with Gasteiger partial charge in [-0.25, -0.2) is 4.98 Å². The predicted octanol–water partition coefficient (Wildman–Crippen LogP) is 2.27. The van der Waals surface area contributed by atoms with E-state index in [1.807, 2.05) is 6.20 Å². The Hall–Kier alpha value is -1.61. The Bertz CT molecular complexity index is 460. The highest BCUT2D eigenvalue weighted by atomic mass is 14.9. The molecule has 1 aromatic carbocycles. The van der Waals surface area contributed by atoms with Gasteiger partial charge in [-0.1, -0.05) is 23.8 Å². The fraction of sp³-hybridized carbons (Fsp3) is 0.308. The molecule has 1 aromatic heterocycles. The van der Waals surface area contributed by atoms with Gasteiger partial charge in [0.05, 0.1) is 0 Å². The molecule has 2 rings (SSSR count). The second kappa shape index (κ2) is 4.49. The molecule has 0 radical (unpaired) electrons. The van der Waals surface area contributed by atoms with Gasteiger partial charge in [-0.05, 0) is 25.0 Å². The van der Waals surface area contributed by atoms with E-state index in [0.717, 1.165) is 12.2 Å². The summed E-state index contributed by atoms with van der Waals surface area (Å²) in [5.41, 5.74) is 9.89. The number of rotatable bonds is 3. The van der Waals surface area contributed by atoms with E-state index < -0.39 is 0 Å². The summed E-state index contributed by atoms with van der Waals surface area (Å²) in [4.78, 5) is 7.28. The van der Waals surface area contributed by atoms with E-state index in [0.29, 0.717) is 0 Å². The summed E-state index contributed by atoms with van der Waals surface area (Å²) in [6.45, 7) is 4.18. The molecule has 0 saturated heterocycles. The van der Waals surface area contributed by atoms with E-state index in [1.165, 1.54) is 16.7 Å². The van der Waals surface area contributed by atoms with Crippen molar-refractivity contribution in [3.05, 3.63) is 53.1 Å². The van der Waals surface area contributed by atoms with Crippen LogP contribution in [0.25, 0.3) is 0 Å². The van der Waals surface area contributed by atoms with E-state index in [1.54, 1.807) is 6.20 Å². The van der Waals surface area contributed by atoms with E-state index in [-0.39, 0.29) is 6.04 Å². The molecule has 0 aliphatic carbocycles. The lowest BCUT2D eigenvalue weighted by molar-refractivity contribution is 0.689. The minimum Gasteiger partial charge on any atom is -0.349 e. The van der Waals surface area contributed by atoms with Crippen molar-refractivity contribution in [3.63, 3.8) is 0 Å². The Balaban J connectivity index is 2.20. The maximum atomic E-state index is 6.20. The van der Waals surface area contributed by atoms with Gasteiger partial charge in [0.1, 0.15) is 5.82 Å². The average Bonchev–Trinajstić information content (AvgIpc) is 2.74. The molecule has 1 heterocycles. The van der Waals surface area contributed by atoms with Gasteiger partial charge >= 0.3 is 0 Å². The van der Waals surface area contributed by atoms with Crippen LogP contribution in [0, 0.1) is 13.8 Å². The lowest BCUT2D eigenvalue weighted by Gasteiger charge is -2.14. The average molecular weight is 215 g/mol. The molecule has 84 valence electrons. The van der Waals surface area contributed by atoms with Crippen LogP contribution in [0.4, 0.5) is 0 Å². The van der Waals surface area contributed by atoms with E-state index >= 15 is 0 Å². The summed E-state index contributed by atoms with van der Waals surface area (Å²) >= 11 is 0. The van der Waals surface area contributed by atoms with Gasteiger partial charge in [0, 0.05) is 24.9 Å². The van der Waals surface area contributed by atoms with Crippen LogP contribution in [0.1, 0.15) is 28.6 Å². The van der Waals surface area contributed by atoms with Crippen LogP contribution >= 0.6 is 0 Å². The molecule has 3 N–H and O–H groups in total. The second-order valence-electron chi connectivity index (χ2n) is 4.21. The summed E-state index contributed by atoms with van der Waals surface area (Å²) < 4.78 is 0. The molecule has 3 heteroatoms. The Kier molecular flexibility index (Phi) is 3.06. The summed E-state index contributed by atoms with van der Waals surface area (Å²) in [5, 5.41) is 0. The first-order chi connectivity index (χ1) is 7.66. The topological polar surface area (TPSA) is 54.7 Å². The quantitative estimate of drug-likeness (QED) is 0.825. The molecule has 0 bridgehead atoms. The lowest BCUT2D eigenvalue weighted by atomic mass is 9.97. The Morgan fingerprint density at radius 3 is 2.88 bits per heavy atom. The highest BCUT2D eigenvalue weighted by Crippen LogP contribution is 2.19. The van der Waals surface area contributed by atoms with Crippen molar-refractivity contribution in [2.24, 2.45) is 5.73 Å². The molecule has 0 saturated carbocycles. The van der Waals surface area contributed by atoms with Crippen LogP contribution in [0.5, 0.6) is 0 Å². The maximum Gasteiger partial charge on any atom is 0.107 e. The van der Waals surface area contributed by atoms with Gasteiger partial charge in [-0.2, -0.15) is 0 Å². The standard InChI is InChI=1S/C13H17N3/c1-9-3-4-10(2)11(7-9)12(14)8-13-15-5-6-16-13/h3-7,12H,8,14H2,1-2H3,(H,15,16). The van der Waals surface area contributed by atoms with Crippen molar-refractivity contribution in [1.82, 2.24) is 9.97 Å². The molecule has 1 unspecified atom stereocenters. The number of aromatic amines is 1. The molecule has 0 spiro atoms. The monoisotopic (exact) mass is 215 g/mol. The highest BCUT2D eigenvalue weighted by Gasteiger charge is 2.11. The molecule has 2 aromatic rings. The molecule has 16 heavy (non-hydrogen) atoms. The first-order valence-corrected chi connectivity index (χ1v) is 5.48. The van der Waals surface area contributed by atoms with E-state index in [2.05, 4.69) is 42.0 Å². The van der Waals surface area contributed by atoms with Crippen molar-refractivity contribution >= 4 is 0 Å². The minimum absolute atomic E-state index is 0.00560. The van der Waals surface area contributed by atoms with Crippen molar-refractivity contribution in [1.29, 1.82) is 0 Å². The summed E-state index contributed by atoms with van der Waals surface area (Å²) in [5.74, 6) is 0.938. The van der Waals surface area contributed by atoms with Gasteiger partial charge in [0.2, 0.25) is 0 Å². The number of aromatic nitrogens is 2. The van der Waals surface area contributed by atoms with Gasteiger partial charge < -0.3 is 10.7 Å². The molecule has 0 aliphatic heterocycles. The van der Waals surface area contributed by atoms with Crippen LogP contribution in [0.3, 0.4) is 0 Å². The fourth-order valence-electron chi connectivity index (χ4n) is 1.89. The van der Waals surface area contributed by atoms with Crippen LogP contribution in [-0.4, -0.2) is 9.97 Å². The summed E-state index contributed by atoms with van der Waals surface area (Å²) in [7, 11) is 0. The van der Waals surface area contributed by atoms with Crippen molar-refractivity contribution in [2.75, 3.05) is 0 Å². The van der Waals surface area contributed by atoms with Crippen LogP contribution in [-0.2, 0) is 6.42 Å². The zero-order valence-electron chi connectivity index (χ0n) is 9.70. The first-order valence-electron chi connectivity index (χ1n) is 5.48. The minimum atomic E-state index is 0.00560.